The molecule has 1 fully saturated rings. The molecular weight excluding hydrogens is 356 g/mol. The first kappa shape index (κ1) is 14.6. The number of carbonyl (C=O) groups is 1. The molecule has 1 saturated heterocycles. The van der Waals surface area contributed by atoms with Gasteiger partial charge in [-0.05, 0) is 43.3 Å². The number of carbonyl (C=O) groups excluding carboxylic acids is 1. The van der Waals surface area contributed by atoms with E-state index in [1.807, 2.05) is 48.2 Å². The molecule has 1 N–H and O–H groups in total. The molecule has 4 rings (SSSR count). The maximum atomic E-state index is 12.8. The van der Waals surface area contributed by atoms with Crippen LogP contribution in [0.25, 0.3) is 0 Å². The van der Waals surface area contributed by atoms with Crippen LogP contribution in [0.3, 0.4) is 0 Å². The number of rotatable bonds is 1. The number of aliphatic hydroxyl groups is 1. The van der Waals surface area contributed by atoms with Gasteiger partial charge in [0.05, 0.1) is 5.69 Å². The highest BCUT2D eigenvalue weighted by Crippen LogP contribution is 2.39. The van der Waals surface area contributed by atoms with Gasteiger partial charge in [0.2, 0.25) is 5.78 Å². The number of fused-ring (bicyclic) bond motifs is 2. The van der Waals surface area contributed by atoms with E-state index in [1.54, 1.807) is 6.07 Å². The molecule has 2 aliphatic rings. The van der Waals surface area contributed by atoms with Crippen LogP contribution >= 0.6 is 15.9 Å². The van der Waals surface area contributed by atoms with Crippen molar-refractivity contribution in [1.29, 1.82) is 0 Å². The fourth-order valence-corrected chi connectivity index (χ4v) is 3.49. The average Bonchev–Trinajstić information content (AvgIpc) is 2.88. The summed E-state index contributed by atoms with van der Waals surface area (Å²) in [6, 6.07) is 13.4. The standard InChI is InChI=1S/C18H15BrN2O2/c1-11-2-7-15-14(10-11)16(22)18(23)8-9-21(17(18)20-15)13-5-3-12(19)4-6-13/h2-7,10,23H,8-9H2,1H3/t18-/m1/s1. The van der Waals surface area contributed by atoms with Crippen LogP contribution in [-0.2, 0) is 0 Å². The van der Waals surface area contributed by atoms with E-state index in [0.717, 1.165) is 15.7 Å². The molecule has 23 heavy (non-hydrogen) atoms. The minimum atomic E-state index is -1.52. The van der Waals surface area contributed by atoms with E-state index in [2.05, 4.69) is 20.9 Å². The van der Waals surface area contributed by atoms with Gasteiger partial charge in [-0.15, -0.1) is 0 Å². The molecule has 0 saturated carbocycles. The molecule has 4 nitrogen and oxygen atoms in total. The Morgan fingerprint density at radius 1 is 1.22 bits per heavy atom. The first-order valence-electron chi connectivity index (χ1n) is 7.49. The maximum Gasteiger partial charge on any atom is 0.204 e. The van der Waals surface area contributed by atoms with Crippen molar-refractivity contribution in [3.05, 3.63) is 58.1 Å². The summed E-state index contributed by atoms with van der Waals surface area (Å²) >= 11 is 3.42. The summed E-state index contributed by atoms with van der Waals surface area (Å²) in [6.07, 6.45) is 0.355. The van der Waals surface area contributed by atoms with Gasteiger partial charge in [-0.1, -0.05) is 27.6 Å². The summed E-state index contributed by atoms with van der Waals surface area (Å²) in [5, 5.41) is 11.0. The molecule has 2 aliphatic heterocycles. The summed E-state index contributed by atoms with van der Waals surface area (Å²) in [4.78, 5) is 19.4. The number of halogens is 1. The number of aliphatic imine (C=N–C) groups is 1. The third kappa shape index (κ3) is 2.15. The van der Waals surface area contributed by atoms with Gasteiger partial charge >= 0.3 is 0 Å². The Balaban J connectivity index is 1.85. The van der Waals surface area contributed by atoms with Crippen molar-refractivity contribution in [2.75, 3.05) is 11.4 Å². The van der Waals surface area contributed by atoms with Gasteiger partial charge in [0.1, 0.15) is 5.84 Å². The Bertz CT molecular complexity index is 845. The second-order valence-electron chi connectivity index (χ2n) is 6.02. The minimum Gasteiger partial charge on any atom is -0.374 e. The van der Waals surface area contributed by atoms with Crippen molar-refractivity contribution in [2.24, 2.45) is 4.99 Å². The lowest BCUT2D eigenvalue weighted by Crippen LogP contribution is -2.48. The molecule has 1 atom stereocenters. The predicted molar refractivity (Wildman–Crippen MR) is 93.7 cm³/mol. The van der Waals surface area contributed by atoms with Crippen molar-refractivity contribution in [3.8, 4) is 0 Å². The van der Waals surface area contributed by atoms with E-state index in [4.69, 9.17) is 0 Å². The smallest absolute Gasteiger partial charge is 0.204 e. The van der Waals surface area contributed by atoms with Gasteiger partial charge in [0.15, 0.2) is 5.60 Å². The molecule has 0 bridgehead atoms. The van der Waals surface area contributed by atoms with Gasteiger partial charge < -0.3 is 10.0 Å². The fourth-order valence-electron chi connectivity index (χ4n) is 3.22. The Labute approximate surface area is 142 Å². The lowest BCUT2D eigenvalue weighted by molar-refractivity contribution is 0.0602. The first-order valence-corrected chi connectivity index (χ1v) is 8.28. The molecule has 0 aromatic heterocycles. The Morgan fingerprint density at radius 3 is 2.70 bits per heavy atom. The van der Waals surface area contributed by atoms with Crippen molar-refractivity contribution >= 4 is 38.9 Å². The normalized spacial score (nSPS) is 22.7. The molecule has 2 aromatic rings. The Hall–Kier alpha value is -1.98. The van der Waals surface area contributed by atoms with Crippen molar-refractivity contribution < 1.29 is 9.90 Å². The van der Waals surface area contributed by atoms with E-state index in [9.17, 15) is 9.90 Å². The van der Waals surface area contributed by atoms with E-state index < -0.39 is 5.60 Å². The lowest BCUT2D eigenvalue weighted by Gasteiger charge is -2.29. The van der Waals surface area contributed by atoms with E-state index >= 15 is 0 Å². The lowest BCUT2D eigenvalue weighted by atomic mass is 9.87. The molecule has 0 amide bonds. The summed E-state index contributed by atoms with van der Waals surface area (Å²) in [7, 11) is 0. The maximum absolute atomic E-state index is 12.8. The molecular formula is C18H15BrN2O2. The highest BCUT2D eigenvalue weighted by atomic mass is 79.9. The zero-order valence-corrected chi connectivity index (χ0v) is 14.2. The first-order chi connectivity index (χ1) is 11.0. The summed E-state index contributed by atoms with van der Waals surface area (Å²) in [6.45, 7) is 2.50. The molecule has 2 heterocycles. The van der Waals surface area contributed by atoms with Crippen molar-refractivity contribution in [2.45, 2.75) is 18.9 Å². The van der Waals surface area contributed by atoms with Gasteiger partial charge in [-0.3, -0.25) is 4.79 Å². The van der Waals surface area contributed by atoms with Crippen LogP contribution in [0.15, 0.2) is 51.9 Å². The van der Waals surface area contributed by atoms with E-state index in [1.165, 1.54) is 0 Å². The van der Waals surface area contributed by atoms with E-state index in [0.29, 0.717) is 30.1 Å². The molecule has 116 valence electrons. The molecule has 0 radical (unpaired) electrons. The summed E-state index contributed by atoms with van der Waals surface area (Å²) in [5.74, 6) is 0.182. The molecule has 0 unspecified atom stereocenters. The predicted octanol–water partition coefficient (Wildman–Crippen LogP) is 3.63. The van der Waals surface area contributed by atoms with Crippen LogP contribution in [0, 0.1) is 6.92 Å². The third-order valence-corrected chi connectivity index (χ3v) is 4.99. The van der Waals surface area contributed by atoms with Gasteiger partial charge in [-0.25, -0.2) is 4.99 Å². The van der Waals surface area contributed by atoms with Crippen LogP contribution < -0.4 is 4.90 Å². The number of aryl methyl sites for hydroxylation is 1. The van der Waals surface area contributed by atoms with Crippen LogP contribution in [0.4, 0.5) is 11.4 Å². The SMILES string of the molecule is Cc1ccc2c(c1)C(=O)[C@]1(O)CCN(c3ccc(Br)cc3)C1=N2. The fraction of sp³-hybridized carbons (Fsp3) is 0.222. The van der Waals surface area contributed by atoms with Crippen LogP contribution in [-0.4, -0.2) is 28.9 Å². The third-order valence-electron chi connectivity index (χ3n) is 4.46. The average molecular weight is 371 g/mol. The summed E-state index contributed by atoms with van der Waals surface area (Å²) < 4.78 is 0.984. The largest absolute Gasteiger partial charge is 0.374 e. The van der Waals surface area contributed by atoms with Crippen LogP contribution in [0.5, 0.6) is 0 Å². The number of hydrogen-bond donors (Lipinski definition) is 1. The zero-order chi connectivity index (χ0) is 16.2. The number of nitrogens with zero attached hydrogens (tertiary/aromatic N) is 2. The zero-order valence-electron chi connectivity index (χ0n) is 12.6. The van der Waals surface area contributed by atoms with Gasteiger partial charge in [-0.2, -0.15) is 0 Å². The van der Waals surface area contributed by atoms with Crippen LogP contribution in [0.2, 0.25) is 0 Å². The van der Waals surface area contributed by atoms with Gasteiger partial charge in [0, 0.05) is 28.7 Å². The Morgan fingerprint density at radius 2 is 1.96 bits per heavy atom. The molecule has 0 spiro atoms. The highest BCUT2D eigenvalue weighted by molar-refractivity contribution is 9.10. The number of Topliss-reactive ketones (excluding diaryl/α,β-unsaturated/α-hetero) is 1. The summed E-state index contributed by atoms with van der Waals surface area (Å²) in [5.41, 5.74) is 1.53. The second kappa shape index (κ2) is 5.01. The second-order valence-corrected chi connectivity index (χ2v) is 6.94. The monoisotopic (exact) mass is 370 g/mol. The number of hydrogen-bond acceptors (Lipinski definition) is 4. The minimum absolute atomic E-state index is 0.249. The van der Waals surface area contributed by atoms with E-state index in [-0.39, 0.29) is 5.78 Å². The number of anilines is 1. The number of ketones is 1. The van der Waals surface area contributed by atoms with Crippen LogP contribution in [0.1, 0.15) is 22.3 Å². The Kier molecular flexibility index (Phi) is 3.18. The van der Waals surface area contributed by atoms with Crippen molar-refractivity contribution in [1.82, 2.24) is 0 Å². The quantitative estimate of drug-likeness (QED) is 0.833. The number of benzene rings is 2. The molecule has 5 heteroatoms. The highest BCUT2D eigenvalue weighted by Gasteiger charge is 2.52. The van der Waals surface area contributed by atoms with Gasteiger partial charge in [0.25, 0.3) is 0 Å². The number of amidine groups is 1. The topological polar surface area (TPSA) is 52.9 Å². The molecule has 2 aromatic carbocycles. The molecule has 0 aliphatic carbocycles. The van der Waals surface area contributed by atoms with Crippen molar-refractivity contribution in [3.63, 3.8) is 0 Å².